The van der Waals surface area contributed by atoms with Gasteiger partial charge in [0.2, 0.25) is 0 Å². The average molecular weight is 279 g/mol. The molecule has 1 amide bonds. The van der Waals surface area contributed by atoms with Crippen molar-refractivity contribution in [3.63, 3.8) is 0 Å². The molecule has 5 nitrogen and oxygen atoms in total. The Morgan fingerprint density at radius 2 is 2.16 bits per heavy atom. The summed E-state index contributed by atoms with van der Waals surface area (Å²) in [5, 5.41) is 6.68. The molecule has 2 heterocycles. The van der Waals surface area contributed by atoms with Crippen molar-refractivity contribution in [3.05, 3.63) is 34.9 Å². The van der Waals surface area contributed by atoms with Crippen LogP contribution in [0.25, 0.3) is 0 Å². The molecule has 0 aliphatic heterocycles. The van der Waals surface area contributed by atoms with Crippen molar-refractivity contribution in [1.82, 2.24) is 9.69 Å². The zero-order valence-electron chi connectivity index (χ0n) is 11.4. The van der Waals surface area contributed by atoms with Crippen molar-refractivity contribution < 1.29 is 9.21 Å². The van der Waals surface area contributed by atoms with Crippen LogP contribution in [0, 0.1) is 13.8 Å². The molecule has 2 rings (SSSR count). The number of hydrogen-bond donors (Lipinski definition) is 2. The fourth-order valence-corrected chi connectivity index (χ4v) is 2.58. The van der Waals surface area contributed by atoms with E-state index in [0.29, 0.717) is 5.56 Å². The number of hydrogen-bond acceptors (Lipinski definition) is 5. The quantitative estimate of drug-likeness (QED) is 0.903. The largest absolute Gasteiger partial charge is 0.464 e. The van der Waals surface area contributed by atoms with E-state index in [-0.39, 0.29) is 11.9 Å². The molecule has 0 aliphatic carbocycles. The Morgan fingerprint density at radius 1 is 1.42 bits per heavy atom. The van der Waals surface area contributed by atoms with Crippen LogP contribution in [0.5, 0.6) is 0 Å². The summed E-state index contributed by atoms with van der Waals surface area (Å²) < 4.78 is 9.69. The number of carbonyl (C=O) groups is 1. The standard InChI is InChI=1S/C13H17N3O2S/c1-7-5-6-10(18-7)8(2)15-12(17)11-9(3)16-19-13(11)14-4/h5-6,8,14H,1-4H3,(H,15,17). The van der Waals surface area contributed by atoms with Gasteiger partial charge in [0, 0.05) is 7.05 Å². The summed E-state index contributed by atoms with van der Waals surface area (Å²) in [6.07, 6.45) is 0. The van der Waals surface area contributed by atoms with E-state index in [2.05, 4.69) is 15.0 Å². The number of amides is 1. The van der Waals surface area contributed by atoms with Gasteiger partial charge in [-0.2, -0.15) is 4.37 Å². The van der Waals surface area contributed by atoms with Crippen LogP contribution in [0.4, 0.5) is 5.00 Å². The number of carbonyl (C=O) groups excluding carboxylic acids is 1. The molecule has 2 aromatic heterocycles. The molecule has 1 unspecified atom stereocenters. The summed E-state index contributed by atoms with van der Waals surface area (Å²) >= 11 is 1.29. The van der Waals surface area contributed by atoms with Crippen LogP contribution in [0.2, 0.25) is 0 Å². The van der Waals surface area contributed by atoms with Gasteiger partial charge in [0.25, 0.3) is 5.91 Å². The fraction of sp³-hybridized carbons (Fsp3) is 0.385. The minimum atomic E-state index is -0.176. The van der Waals surface area contributed by atoms with Gasteiger partial charge in [-0.3, -0.25) is 4.79 Å². The van der Waals surface area contributed by atoms with Crippen LogP contribution in [-0.2, 0) is 0 Å². The Balaban J connectivity index is 2.14. The highest BCUT2D eigenvalue weighted by atomic mass is 32.1. The van der Waals surface area contributed by atoms with Gasteiger partial charge in [-0.05, 0) is 44.4 Å². The number of nitrogens with zero attached hydrogens (tertiary/aromatic N) is 1. The van der Waals surface area contributed by atoms with Crippen LogP contribution in [0.15, 0.2) is 16.5 Å². The summed E-state index contributed by atoms with van der Waals surface area (Å²) in [6.45, 7) is 5.60. The highest BCUT2D eigenvalue weighted by molar-refractivity contribution is 7.10. The second kappa shape index (κ2) is 5.44. The van der Waals surface area contributed by atoms with Gasteiger partial charge in [-0.25, -0.2) is 0 Å². The van der Waals surface area contributed by atoms with Crippen LogP contribution < -0.4 is 10.6 Å². The summed E-state index contributed by atoms with van der Waals surface area (Å²) in [7, 11) is 1.78. The molecule has 6 heteroatoms. The zero-order chi connectivity index (χ0) is 14.0. The lowest BCUT2D eigenvalue weighted by molar-refractivity contribution is 0.0935. The Bertz CT molecular complexity index is 588. The van der Waals surface area contributed by atoms with Gasteiger partial charge in [-0.15, -0.1) is 0 Å². The van der Waals surface area contributed by atoms with Crippen LogP contribution in [0.1, 0.15) is 40.5 Å². The van der Waals surface area contributed by atoms with Crippen molar-refractivity contribution in [2.75, 3.05) is 12.4 Å². The van der Waals surface area contributed by atoms with Gasteiger partial charge in [0.1, 0.15) is 16.5 Å². The Morgan fingerprint density at radius 3 is 2.74 bits per heavy atom. The third-order valence-electron chi connectivity index (χ3n) is 2.85. The number of anilines is 1. The van der Waals surface area contributed by atoms with E-state index in [9.17, 15) is 4.79 Å². The monoisotopic (exact) mass is 279 g/mol. The van der Waals surface area contributed by atoms with Crippen molar-refractivity contribution in [2.24, 2.45) is 0 Å². The number of furan rings is 1. The molecule has 0 saturated heterocycles. The van der Waals surface area contributed by atoms with E-state index >= 15 is 0 Å². The van der Waals surface area contributed by atoms with E-state index in [1.807, 2.05) is 32.9 Å². The summed E-state index contributed by atoms with van der Waals surface area (Å²) in [5.41, 5.74) is 1.33. The first kappa shape index (κ1) is 13.6. The number of aryl methyl sites for hydroxylation is 2. The number of nitrogens with one attached hydrogen (secondary N) is 2. The topological polar surface area (TPSA) is 67.2 Å². The molecule has 19 heavy (non-hydrogen) atoms. The maximum atomic E-state index is 12.3. The lowest BCUT2D eigenvalue weighted by Gasteiger charge is -2.12. The highest BCUT2D eigenvalue weighted by Crippen LogP contribution is 2.25. The van der Waals surface area contributed by atoms with E-state index in [1.54, 1.807) is 7.05 Å². The second-order valence-electron chi connectivity index (χ2n) is 4.37. The van der Waals surface area contributed by atoms with Gasteiger partial charge in [0.05, 0.1) is 17.3 Å². The Hall–Kier alpha value is -1.82. The first-order chi connectivity index (χ1) is 9.02. The predicted octanol–water partition coefficient (Wildman–Crippen LogP) is 2.89. The highest BCUT2D eigenvalue weighted by Gasteiger charge is 2.20. The number of rotatable bonds is 4. The van der Waals surface area contributed by atoms with Gasteiger partial charge in [-0.1, -0.05) is 0 Å². The van der Waals surface area contributed by atoms with Crippen LogP contribution in [0.3, 0.4) is 0 Å². The maximum Gasteiger partial charge on any atom is 0.256 e. The molecule has 2 N–H and O–H groups in total. The summed E-state index contributed by atoms with van der Waals surface area (Å²) in [4.78, 5) is 12.3. The smallest absolute Gasteiger partial charge is 0.256 e. The van der Waals surface area contributed by atoms with Gasteiger partial charge in [0.15, 0.2) is 0 Å². The number of aromatic nitrogens is 1. The molecule has 102 valence electrons. The fourth-order valence-electron chi connectivity index (χ4n) is 1.83. The first-order valence-corrected chi connectivity index (χ1v) is 6.81. The van der Waals surface area contributed by atoms with E-state index in [4.69, 9.17) is 4.42 Å². The molecule has 0 saturated carbocycles. The van der Waals surface area contributed by atoms with Crippen LogP contribution in [-0.4, -0.2) is 17.3 Å². The molecular weight excluding hydrogens is 262 g/mol. The molecule has 2 aromatic rings. The van der Waals surface area contributed by atoms with Gasteiger partial charge >= 0.3 is 0 Å². The van der Waals surface area contributed by atoms with Crippen molar-refractivity contribution in [2.45, 2.75) is 26.8 Å². The van der Waals surface area contributed by atoms with Gasteiger partial charge < -0.3 is 15.1 Å². The molecule has 0 radical (unpaired) electrons. The minimum Gasteiger partial charge on any atom is -0.464 e. The normalized spacial score (nSPS) is 12.2. The average Bonchev–Trinajstić information content (AvgIpc) is 2.95. The molecular formula is C13H17N3O2S. The maximum absolute atomic E-state index is 12.3. The SMILES string of the molecule is CNc1snc(C)c1C(=O)NC(C)c1ccc(C)o1. The van der Waals surface area contributed by atoms with E-state index in [0.717, 1.165) is 22.2 Å². The third-order valence-corrected chi connectivity index (χ3v) is 3.81. The van der Waals surface area contributed by atoms with E-state index < -0.39 is 0 Å². The third kappa shape index (κ3) is 2.78. The molecule has 0 fully saturated rings. The molecule has 0 aromatic carbocycles. The predicted molar refractivity (Wildman–Crippen MR) is 75.7 cm³/mol. The first-order valence-electron chi connectivity index (χ1n) is 6.04. The van der Waals surface area contributed by atoms with Crippen molar-refractivity contribution in [1.29, 1.82) is 0 Å². The van der Waals surface area contributed by atoms with E-state index in [1.165, 1.54) is 11.5 Å². The minimum absolute atomic E-state index is 0.142. The van der Waals surface area contributed by atoms with Crippen LogP contribution >= 0.6 is 11.5 Å². The molecule has 0 bridgehead atoms. The second-order valence-corrected chi connectivity index (χ2v) is 5.14. The van der Waals surface area contributed by atoms with Crippen molar-refractivity contribution >= 4 is 22.4 Å². The molecule has 0 aliphatic rings. The summed E-state index contributed by atoms with van der Waals surface area (Å²) in [5.74, 6) is 1.44. The Labute approximate surface area is 116 Å². The summed E-state index contributed by atoms with van der Waals surface area (Å²) in [6, 6.07) is 3.58. The lowest BCUT2D eigenvalue weighted by Crippen LogP contribution is -2.27. The Kier molecular flexibility index (Phi) is 3.90. The molecule has 1 atom stereocenters. The van der Waals surface area contributed by atoms with Crippen molar-refractivity contribution in [3.8, 4) is 0 Å². The lowest BCUT2D eigenvalue weighted by atomic mass is 10.2. The zero-order valence-corrected chi connectivity index (χ0v) is 12.2. The molecule has 0 spiro atoms.